The molecular formula is C13H17N3O. The molecule has 1 heterocycles. The molecule has 0 radical (unpaired) electrons. The van der Waals surface area contributed by atoms with Crippen LogP contribution in [0.4, 0.5) is 0 Å². The zero-order valence-corrected chi connectivity index (χ0v) is 10.2. The number of nitrogens with one attached hydrogen (secondary N) is 1. The van der Waals surface area contributed by atoms with Crippen LogP contribution in [-0.4, -0.2) is 21.7 Å². The minimum Gasteiger partial charge on any atom is -0.352 e. The highest BCUT2D eigenvalue weighted by atomic mass is 16.2. The first kappa shape index (κ1) is 11.6. The Morgan fingerprint density at radius 1 is 1.47 bits per heavy atom. The number of nitrogens with zero attached hydrogens (tertiary/aromatic N) is 2. The van der Waals surface area contributed by atoms with Gasteiger partial charge in [0, 0.05) is 11.4 Å². The highest BCUT2D eigenvalue weighted by Crippen LogP contribution is 2.12. The second-order valence-corrected chi connectivity index (χ2v) is 4.24. The fraction of sp³-hybridized carbons (Fsp3) is 0.385. The summed E-state index contributed by atoms with van der Waals surface area (Å²) in [6.45, 7) is 4.32. The smallest absolute Gasteiger partial charge is 0.241 e. The fourth-order valence-electron chi connectivity index (χ4n) is 1.71. The van der Waals surface area contributed by atoms with E-state index in [0.29, 0.717) is 0 Å². The van der Waals surface area contributed by atoms with Crippen molar-refractivity contribution in [3.8, 4) is 0 Å². The number of hydrogen-bond acceptors (Lipinski definition) is 2. The first-order valence-electron chi connectivity index (χ1n) is 5.90. The van der Waals surface area contributed by atoms with E-state index in [2.05, 4.69) is 10.4 Å². The third-order valence-electron chi connectivity index (χ3n) is 2.86. The number of para-hydroxylation sites is 1. The molecular weight excluding hydrogens is 214 g/mol. The van der Waals surface area contributed by atoms with E-state index in [1.54, 1.807) is 10.9 Å². The Balaban J connectivity index is 2.11. The lowest BCUT2D eigenvalue weighted by molar-refractivity contribution is -0.122. The molecule has 1 aromatic carbocycles. The molecule has 0 saturated heterocycles. The Morgan fingerprint density at radius 2 is 2.24 bits per heavy atom. The molecule has 1 unspecified atom stereocenters. The summed E-state index contributed by atoms with van der Waals surface area (Å²) < 4.78 is 1.73. The molecule has 0 aliphatic carbocycles. The minimum atomic E-state index is 0.00760. The molecule has 0 saturated carbocycles. The molecule has 90 valence electrons. The maximum absolute atomic E-state index is 11.8. The van der Waals surface area contributed by atoms with Crippen LogP contribution in [0.5, 0.6) is 0 Å². The predicted octanol–water partition coefficient (Wildman–Crippen LogP) is 1.95. The van der Waals surface area contributed by atoms with Crippen molar-refractivity contribution in [2.45, 2.75) is 32.9 Å². The normalized spacial score (nSPS) is 12.6. The van der Waals surface area contributed by atoms with Crippen molar-refractivity contribution in [1.82, 2.24) is 15.1 Å². The molecule has 2 rings (SSSR count). The minimum absolute atomic E-state index is 0.00760. The number of carbonyl (C=O) groups is 1. The first-order valence-corrected chi connectivity index (χ1v) is 5.90. The summed E-state index contributed by atoms with van der Waals surface area (Å²) in [6, 6.07) is 8.09. The van der Waals surface area contributed by atoms with Crippen molar-refractivity contribution in [3.63, 3.8) is 0 Å². The molecule has 4 heteroatoms. The Hall–Kier alpha value is -1.84. The van der Waals surface area contributed by atoms with Crippen molar-refractivity contribution in [2.24, 2.45) is 0 Å². The maximum atomic E-state index is 11.8. The lowest BCUT2D eigenvalue weighted by Gasteiger charge is -2.11. The largest absolute Gasteiger partial charge is 0.352 e. The van der Waals surface area contributed by atoms with Crippen molar-refractivity contribution in [2.75, 3.05) is 0 Å². The summed E-state index contributed by atoms with van der Waals surface area (Å²) in [6.07, 6.45) is 2.72. The molecule has 1 amide bonds. The Kier molecular flexibility index (Phi) is 3.42. The van der Waals surface area contributed by atoms with E-state index in [-0.39, 0.29) is 18.5 Å². The zero-order chi connectivity index (χ0) is 12.3. The van der Waals surface area contributed by atoms with Crippen molar-refractivity contribution in [3.05, 3.63) is 30.5 Å². The molecule has 0 spiro atoms. The second-order valence-electron chi connectivity index (χ2n) is 4.24. The van der Waals surface area contributed by atoms with Crippen LogP contribution in [-0.2, 0) is 11.3 Å². The van der Waals surface area contributed by atoms with Gasteiger partial charge in [0.2, 0.25) is 5.91 Å². The van der Waals surface area contributed by atoms with E-state index in [9.17, 15) is 4.79 Å². The van der Waals surface area contributed by atoms with Gasteiger partial charge >= 0.3 is 0 Å². The number of benzene rings is 1. The third kappa shape index (κ3) is 2.64. The highest BCUT2D eigenvalue weighted by molar-refractivity contribution is 5.82. The van der Waals surface area contributed by atoms with Crippen molar-refractivity contribution in [1.29, 1.82) is 0 Å². The number of rotatable bonds is 4. The summed E-state index contributed by atoms with van der Waals surface area (Å²) in [4.78, 5) is 11.8. The molecule has 0 bridgehead atoms. The summed E-state index contributed by atoms with van der Waals surface area (Å²) in [7, 11) is 0. The Bertz CT molecular complexity index is 518. The summed E-state index contributed by atoms with van der Waals surface area (Å²) in [5.74, 6) is 0.00760. The van der Waals surface area contributed by atoms with Crippen LogP contribution in [0.3, 0.4) is 0 Å². The molecule has 1 N–H and O–H groups in total. The van der Waals surface area contributed by atoms with E-state index < -0.39 is 0 Å². The lowest BCUT2D eigenvalue weighted by Crippen LogP contribution is -2.34. The molecule has 0 aliphatic heterocycles. The SMILES string of the molecule is CCC(C)NC(=O)Cn1ncc2ccccc21. The van der Waals surface area contributed by atoms with Crippen LogP contribution >= 0.6 is 0 Å². The standard InChI is InChI=1S/C13H17N3O/c1-3-10(2)15-13(17)9-16-12-7-5-4-6-11(12)8-14-16/h4-8,10H,3,9H2,1-2H3,(H,15,17). The van der Waals surface area contributed by atoms with E-state index in [1.807, 2.05) is 38.1 Å². The van der Waals surface area contributed by atoms with Gasteiger partial charge in [-0.05, 0) is 19.4 Å². The van der Waals surface area contributed by atoms with Gasteiger partial charge in [0.25, 0.3) is 0 Å². The van der Waals surface area contributed by atoms with Crippen LogP contribution in [0.1, 0.15) is 20.3 Å². The van der Waals surface area contributed by atoms with Crippen LogP contribution < -0.4 is 5.32 Å². The van der Waals surface area contributed by atoms with Gasteiger partial charge < -0.3 is 5.32 Å². The van der Waals surface area contributed by atoms with E-state index in [0.717, 1.165) is 17.3 Å². The first-order chi connectivity index (χ1) is 8.20. The van der Waals surface area contributed by atoms with E-state index in [4.69, 9.17) is 0 Å². The predicted molar refractivity (Wildman–Crippen MR) is 67.6 cm³/mol. The number of hydrogen-bond donors (Lipinski definition) is 1. The number of carbonyl (C=O) groups excluding carboxylic acids is 1. The van der Waals surface area contributed by atoms with E-state index >= 15 is 0 Å². The second kappa shape index (κ2) is 4.99. The molecule has 17 heavy (non-hydrogen) atoms. The monoisotopic (exact) mass is 231 g/mol. The van der Waals surface area contributed by atoms with Crippen LogP contribution in [0.25, 0.3) is 10.9 Å². The Labute approximate surface area is 101 Å². The van der Waals surface area contributed by atoms with Gasteiger partial charge in [0.1, 0.15) is 6.54 Å². The summed E-state index contributed by atoms with van der Waals surface area (Å²) in [5, 5.41) is 8.22. The van der Waals surface area contributed by atoms with Crippen LogP contribution in [0.2, 0.25) is 0 Å². The van der Waals surface area contributed by atoms with Gasteiger partial charge in [-0.3, -0.25) is 9.48 Å². The highest BCUT2D eigenvalue weighted by Gasteiger charge is 2.08. The average molecular weight is 231 g/mol. The number of amides is 1. The number of aromatic nitrogens is 2. The topological polar surface area (TPSA) is 46.9 Å². The fourth-order valence-corrected chi connectivity index (χ4v) is 1.71. The van der Waals surface area contributed by atoms with Crippen molar-refractivity contribution < 1.29 is 4.79 Å². The molecule has 1 atom stereocenters. The summed E-state index contributed by atoms with van der Waals surface area (Å²) in [5.41, 5.74) is 0.992. The molecule has 1 aromatic heterocycles. The van der Waals surface area contributed by atoms with Gasteiger partial charge in [-0.1, -0.05) is 25.1 Å². The van der Waals surface area contributed by atoms with Gasteiger partial charge in [0.15, 0.2) is 0 Å². The van der Waals surface area contributed by atoms with Gasteiger partial charge in [-0.25, -0.2) is 0 Å². The quantitative estimate of drug-likeness (QED) is 0.874. The van der Waals surface area contributed by atoms with E-state index in [1.165, 1.54) is 0 Å². The maximum Gasteiger partial charge on any atom is 0.241 e. The van der Waals surface area contributed by atoms with Gasteiger partial charge in [0.05, 0.1) is 11.7 Å². The number of fused-ring (bicyclic) bond motifs is 1. The average Bonchev–Trinajstić information content (AvgIpc) is 2.72. The van der Waals surface area contributed by atoms with Gasteiger partial charge in [-0.2, -0.15) is 5.10 Å². The zero-order valence-electron chi connectivity index (χ0n) is 10.2. The molecule has 0 fully saturated rings. The molecule has 4 nitrogen and oxygen atoms in total. The van der Waals surface area contributed by atoms with Crippen LogP contribution in [0, 0.1) is 0 Å². The van der Waals surface area contributed by atoms with Crippen molar-refractivity contribution >= 4 is 16.8 Å². The van der Waals surface area contributed by atoms with Gasteiger partial charge in [-0.15, -0.1) is 0 Å². The molecule has 0 aliphatic rings. The van der Waals surface area contributed by atoms with Crippen LogP contribution in [0.15, 0.2) is 30.5 Å². The molecule has 2 aromatic rings. The lowest BCUT2D eigenvalue weighted by atomic mass is 10.2. The third-order valence-corrected chi connectivity index (χ3v) is 2.86. The Morgan fingerprint density at radius 3 is 3.00 bits per heavy atom. The summed E-state index contributed by atoms with van der Waals surface area (Å²) >= 11 is 0.